The Morgan fingerprint density at radius 2 is 2.15 bits per heavy atom. The van der Waals surface area contributed by atoms with E-state index in [4.69, 9.17) is 0 Å². The zero-order chi connectivity index (χ0) is 19.3. The number of nitrogens with zero attached hydrogens (tertiary/aromatic N) is 4. The molecule has 1 amide bonds. The number of unbranched alkanes of at least 4 members (excludes halogenated alkanes) is 1. The maximum atomic E-state index is 12.2. The van der Waals surface area contributed by atoms with Crippen LogP contribution in [0.2, 0.25) is 0 Å². The lowest BCUT2D eigenvalue weighted by molar-refractivity contribution is -0.117. The Kier molecular flexibility index (Phi) is 6.40. The van der Waals surface area contributed by atoms with Crippen LogP contribution in [0, 0.1) is 25.2 Å². The molecule has 2 aromatic heterocycles. The molecule has 0 spiro atoms. The van der Waals surface area contributed by atoms with Gasteiger partial charge in [-0.25, -0.2) is 4.68 Å². The Morgan fingerprint density at radius 3 is 2.77 bits per heavy atom. The first kappa shape index (κ1) is 19.5. The van der Waals surface area contributed by atoms with Crippen LogP contribution in [0.4, 0.5) is 0 Å². The standard InChI is InChI=1S/C20H27N5O/c1-6-7-9-22-20(26)18(13-21)12-17-11-15(4)24(16(17)5)19-8-10-23-25(19)14(2)3/h8,10-12,14H,6-7,9H2,1-5H3,(H,22,26)/b18-12+. The van der Waals surface area contributed by atoms with Crippen molar-refractivity contribution in [3.05, 3.63) is 40.9 Å². The topological polar surface area (TPSA) is 75.6 Å². The van der Waals surface area contributed by atoms with Crippen LogP contribution in [0.15, 0.2) is 23.9 Å². The highest BCUT2D eigenvalue weighted by molar-refractivity contribution is 6.01. The highest BCUT2D eigenvalue weighted by Crippen LogP contribution is 2.24. The number of hydrogen-bond acceptors (Lipinski definition) is 3. The summed E-state index contributed by atoms with van der Waals surface area (Å²) >= 11 is 0. The number of aromatic nitrogens is 3. The fraction of sp³-hybridized carbons (Fsp3) is 0.450. The van der Waals surface area contributed by atoms with Gasteiger partial charge in [0, 0.05) is 30.0 Å². The zero-order valence-corrected chi connectivity index (χ0v) is 16.2. The van der Waals surface area contributed by atoms with Crippen molar-refractivity contribution < 1.29 is 4.79 Å². The average molecular weight is 353 g/mol. The summed E-state index contributed by atoms with van der Waals surface area (Å²) in [5.74, 6) is 0.651. The molecule has 138 valence electrons. The second-order valence-corrected chi connectivity index (χ2v) is 6.67. The van der Waals surface area contributed by atoms with Crippen LogP contribution in [0.1, 0.15) is 56.6 Å². The molecule has 2 heterocycles. The molecule has 1 N–H and O–H groups in total. The number of hydrogen-bond donors (Lipinski definition) is 1. The highest BCUT2D eigenvalue weighted by Gasteiger charge is 2.16. The Balaban J connectivity index is 2.39. The Hall–Kier alpha value is -2.81. The number of nitriles is 1. The molecule has 0 fully saturated rings. The van der Waals surface area contributed by atoms with Gasteiger partial charge in [0.25, 0.3) is 5.91 Å². The molecule has 0 radical (unpaired) electrons. The molecule has 2 rings (SSSR count). The maximum absolute atomic E-state index is 12.2. The largest absolute Gasteiger partial charge is 0.351 e. The maximum Gasteiger partial charge on any atom is 0.261 e. The van der Waals surface area contributed by atoms with E-state index >= 15 is 0 Å². The molecule has 0 unspecified atom stereocenters. The van der Waals surface area contributed by atoms with Gasteiger partial charge in [0.05, 0.1) is 6.20 Å². The van der Waals surface area contributed by atoms with Gasteiger partial charge in [0.2, 0.25) is 0 Å². The summed E-state index contributed by atoms with van der Waals surface area (Å²) in [6, 6.07) is 6.21. The average Bonchev–Trinajstić information content (AvgIpc) is 3.17. The Labute approximate surface area is 155 Å². The molecule has 6 nitrogen and oxygen atoms in total. The summed E-state index contributed by atoms with van der Waals surface area (Å²) in [5.41, 5.74) is 2.98. The van der Waals surface area contributed by atoms with E-state index in [1.165, 1.54) is 0 Å². The minimum absolute atomic E-state index is 0.124. The number of rotatable bonds is 7. The van der Waals surface area contributed by atoms with Crippen molar-refractivity contribution in [2.24, 2.45) is 0 Å². The van der Waals surface area contributed by atoms with Gasteiger partial charge in [-0.15, -0.1) is 0 Å². The molecule has 0 saturated heterocycles. The van der Waals surface area contributed by atoms with Crippen LogP contribution in [-0.2, 0) is 4.79 Å². The third kappa shape index (κ3) is 4.05. The number of carbonyl (C=O) groups is 1. The van der Waals surface area contributed by atoms with Gasteiger partial charge in [0.1, 0.15) is 17.5 Å². The number of aryl methyl sites for hydroxylation is 1. The van der Waals surface area contributed by atoms with E-state index in [9.17, 15) is 10.1 Å². The molecule has 2 aromatic rings. The molecule has 0 saturated carbocycles. The Morgan fingerprint density at radius 1 is 1.42 bits per heavy atom. The molecule has 0 aliphatic rings. The van der Waals surface area contributed by atoms with Crippen LogP contribution in [0.5, 0.6) is 0 Å². The van der Waals surface area contributed by atoms with Gasteiger partial charge in [0.15, 0.2) is 0 Å². The third-order valence-electron chi connectivity index (χ3n) is 4.32. The van der Waals surface area contributed by atoms with Crippen LogP contribution < -0.4 is 5.32 Å². The number of carbonyl (C=O) groups excluding carboxylic acids is 1. The first-order valence-electron chi connectivity index (χ1n) is 9.03. The quantitative estimate of drug-likeness (QED) is 0.468. The van der Waals surface area contributed by atoms with Gasteiger partial charge < -0.3 is 9.88 Å². The van der Waals surface area contributed by atoms with Crippen LogP contribution >= 0.6 is 0 Å². The van der Waals surface area contributed by atoms with Crippen LogP contribution in [0.3, 0.4) is 0 Å². The van der Waals surface area contributed by atoms with Gasteiger partial charge in [-0.2, -0.15) is 10.4 Å². The van der Waals surface area contributed by atoms with E-state index < -0.39 is 0 Å². The first-order chi connectivity index (χ1) is 12.4. The summed E-state index contributed by atoms with van der Waals surface area (Å²) in [6.45, 7) is 10.8. The fourth-order valence-corrected chi connectivity index (χ4v) is 2.95. The monoisotopic (exact) mass is 353 g/mol. The Bertz CT molecular complexity index is 848. The lowest BCUT2D eigenvalue weighted by atomic mass is 10.1. The molecule has 0 aromatic carbocycles. The molecule has 6 heteroatoms. The van der Waals surface area contributed by atoms with E-state index in [1.807, 2.05) is 36.7 Å². The van der Waals surface area contributed by atoms with Crippen molar-refractivity contribution in [2.45, 2.75) is 53.5 Å². The molecule has 0 bridgehead atoms. The van der Waals surface area contributed by atoms with E-state index in [2.05, 4.69) is 35.8 Å². The second-order valence-electron chi connectivity index (χ2n) is 6.67. The van der Waals surface area contributed by atoms with Crippen molar-refractivity contribution in [2.75, 3.05) is 6.54 Å². The van der Waals surface area contributed by atoms with Crippen LogP contribution in [0.25, 0.3) is 11.9 Å². The van der Waals surface area contributed by atoms with Gasteiger partial charge in [-0.1, -0.05) is 13.3 Å². The second kappa shape index (κ2) is 8.52. The highest BCUT2D eigenvalue weighted by atomic mass is 16.1. The van der Waals surface area contributed by atoms with E-state index in [0.717, 1.165) is 35.6 Å². The summed E-state index contributed by atoms with van der Waals surface area (Å²) < 4.78 is 4.05. The molecule has 0 atom stereocenters. The predicted octanol–water partition coefficient (Wildman–Crippen LogP) is 3.69. The zero-order valence-electron chi connectivity index (χ0n) is 16.2. The summed E-state index contributed by atoms with van der Waals surface area (Å²) in [6.07, 6.45) is 5.34. The van der Waals surface area contributed by atoms with Crippen molar-refractivity contribution in [3.63, 3.8) is 0 Å². The van der Waals surface area contributed by atoms with Gasteiger partial charge >= 0.3 is 0 Å². The minimum atomic E-state index is -0.321. The normalized spacial score (nSPS) is 11.7. The molecule has 0 aliphatic heterocycles. The van der Waals surface area contributed by atoms with Gasteiger partial charge in [-0.3, -0.25) is 4.79 Å². The van der Waals surface area contributed by atoms with E-state index in [-0.39, 0.29) is 17.5 Å². The number of nitrogens with one attached hydrogen (secondary N) is 1. The van der Waals surface area contributed by atoms with Crippen LogP contribution in [-0.4, -0.2) is 26.8 Å². The van der Waals surface area contributed by atoms with E-state index in [0.29, 0.717) is 6.54 Å². The minimum Gasteiger partial charge on any atom is -0.351 e. The molecule has 26 heavy (non-hydrogen) atoms. The van der Waals surface area contributed by atoms with Crippen molar-refractivity contribution in [1.82, 2.24) is 19.7 Å². The SMILES string of the molecule is CCCCNC(=O)/C(C#N)=C/c1cc(C)n(-c2ccnn2C(C)C)c1C. The molecular weight excluding hydrogens is 326 g/mol. The van der Waals surface area contributed by atoms with E-state index in [1.54, 1.807) is 12.3 Å². The third-order valence-corrected chi connectivity index (χ3v) is 4.32. The molecular formula is C20H27N5O. The summed E-state index contributed by atoms with van der Waals surface area (Å²) in [5, 5.41) is 16.6. The van der Waals surface area contributed by atoms with Crippen molar-refractivity contribution in [3.8, 4) is 11.9 Å². The van der Waals surface area contributed by atoms with Crippen molar-refractivity contribution >= 4 is 12.0 Å². The summed E-state index contributed by atoms with van der Waals surface area (Å²) in [4.78, 5) is 12.2. The van der Waals surface area contributed by atoms with Crippen molar-refractivity contribution in [1.29, 1.82) is 5.26 Å². The summed E-state index contributed by atoms with van der Waals surface area (Å²) in [7, 11) is 0. The number of amides is 1. The molecule has 0 aliphatic carbocycles. The lowest BCUT2D eigenvalue weighted by Crippen LogP contribution is -2.25. The smallest absolute Gasteiger partial charge is 0.261 e. The van der Waals surface area contributed by atoms with Gasteiger partial charge in [-0.05, 0) is 51.8 Å². The predicted molar refractivity (Wildman–Crippen MR) is 103 cm³/mol. The lowest BCUT2D eigenvalue weighted by Gasteiger charge is -2.15. The first-order valence-corrected chi connectivity index (χ1v) is 9.03. The fourth-order valence-electron chi connectivity index (χ4n) is 2.95.